The highest BCUT2D eigenvalue weighted by molar-refractivity contribution is 5.51. The lowest BCUT2D eigenvalue weighted by Gasteiger charge is -2.02. The Balaban J connectivity index is 1.67. The van der Waals surface area contributed by atoms with Crippen LogP contribution in [-0.2, 0) is 6.61 Å². The Bertz CT molecular complexity index is 721. The lowest BCUT2D eigenvalue weighted by molar-refractivity contribution is 0.264. The zero-order valence-corrected chi connectivity index (χ0v) is 11.4. The highest BCUT2D eigenvalue weighted by Gasteiger charge is 2.09. The molecule has 0 bridgehead atoms. The molecular weight excluding hydrogens is 271 g/mol. The number of hydrogen-bond donors (Lipinski definition) is 0. The monoisotopic (exact) mass is 284 g/mol. The molecule has 0 fully saturated rings. The summed E-state index contributed by atoms with van der Waals surface area (Å²) in [6, 6.07) is 13.6. The van der Waals surface area contributed by atoms with Crippen LogP contribution in [0, 0.1) is 12.7 Å². The van der Waals surface area contributed by atoms with Crippen molar-refractivity contribution in [3.8, 4) is 17.2 Å². The highest BCUT2D eigenvalue weighted by Crippen LogP contribution is 2.19. The Morgan fingerprint density at radius 1 is 1.00 bits per heavy atom. The molecule has 3 aromatic rings. The second-order valence-electron chi connectivity index (χ2n) is 4.61. The first-order valence-electron chi connectivity index (χ1n) is 6.48. The minimum atomic E-state index is -0.304. The third kappa shape index (κ3) is 3.25. The molecule has 5 heteroatoms. The molecule has 0 atom stereocenters. The number of rotatable bonds is 4. The molecule has 0 unspecified atom stereocenters. The molecule has 1 heterocycles. The molecule has 0 amide bonds. The van der Waals surface area contributed by atoms with E-state index in [-0.39, 0.29) is 12.4 Å². The van der Waals surface area contributed by atoms with Gasteiger partial charge in [0.05, 0.1) is 0 Å². The molecule has 0 aliphatic carbocycles. The van der Waals surface area contributed by atoms with Crippen LogP contribution in [0.4, 0.5) is 4.39 Å². The number of nitrogens with zero attached hydrogens (tertiary/aromatic N) is 2. The van der Waals surface area contributed by atoms with Crippen molar-refractivity contribution in [1.29, 1.82) is 0 Å². The van der Waals surface area contributed by atoms with E-state index in [0.29, 0.717) is 17.3 Å². The third-order valence-electron chi connectivity index (χ3n) is 2.94. The average Bonchev–Trinajstić information content (AvgIpc) is 2.96. The van der Waals surface area contributed by atoms with E-state index in [4.69, 9.17) is 9.15 Å². The fourth-order valence-electron chi connectivity index (χ4n) is 1.80. The first-order chi connectivity index (χ1) is 10.2. The summed E-state index contributed by atoms with van der Waals surface area (Å²) < 4.78 is 23.9. The van der Waals surface area contributed by atoms with E-state index in [1.165, 1.54) is 17.7 Å². The Morgan fingerprint density at radius 3 is 2.43 bits per heavy atom. The quantitative estimate of drug-likeness (QED) is 0.732. The SMILES string of the molecule is Cc1ccc(OCc2nnc(-c3ccc(F)cc3)o2)cc1. The number of halogens is 1. The van der Waals surface area contributed by atoms with Crippen LogP contribution in [0.2, 0.25) is 0 Å². The molecule has 106 valence electrons. The van der Waals surface area contributed by atoms with Crippen LogP contribution in [0.5, 0.6) is 5.75 Å². The molecule has 3 rings (SSSR count). The van der Waals surface area contributed by atoms with E-state index in [2.05, 4.69) is 10.2 Å². The van der Waals surface area contributed by atoms with Crippen molar-refractivity contribution in [3.05, 3.63) is 65.8 Å². The number of aryl methyl sites for hydroxylation is 1. The van der Waals surface area contributed by atoms with Crippen molar-refractivity contribution in [2.75, 3.05) is 0 Å². The smallest absolute Gasteiger partial charge is 0.254 e. The summed E-state index contributed by atoms with van der Waals surface area (Å²) in [4.78, 5) is 0. The predicted octanol–water partition coefficient (Wildman–Crippen LogP) is 3.76. The Morgan fingerprint density at radius 2 is 1.71 bits per heavy atom. The van der Waals surface area contributed by atoms with Gasteiger partial charge in [0.1, 0.15) is 11.6 Å². The largest absolute Gasteiger partial charge is 0.484 e. The zero-order valence-electron chi connectivity index (χ0n) is 11.4. The van der Waals surface area contributed by atoms with E-state index in [1.54, 1.807) is 12.1 Å². The molecule has 0 saturated heterocycles. The van der Waals surface area contributed by atoms with Crippen molar-refractivity contribution in [1.82, 2.24) is 10.2 Å². The van der Waals surface area contributed by atoms with Gasteiger partial charge in [0.25, 0.3) is 5.89 Å². The van der Waals surface area contributed by atoms with E-state index in [1.807, 2.05) is 31.2 Å². The van der Waals surface area contributed by atoms with Crippen molar-refractivity contribution in [3.63, 3.8) is 0 Å². The second kappa shape index (κ2) is 5.75. The van der Waals surface area contributed by atoms with Gasteiger partial charge in [-0.05, 0) is 43.3 Å². The average molecular weight is 284 g/mol. The predicted molar refractivity (Wildman–Crippen MR) is 75.2 cm³/mol. The molecule has 0 N–H and O–H groups in total. The summed E-state index contributed by atoms with van der Waals surface area (Å²) >= 11 is 0. The minimum Gasteiger partial charge on any atom is -0.484 e. The van der Waals surface area contributed by atoms with Crippen LogP contribution in [0.25, 0.3) is 11.5 Å². The minimum absolute atomic E-state index is 0.192. The van der Waals surface area contributed by atoms with Gasteiger partial charge < -0.3 is 9.15 Å². The lowest BCUT2D eigenvalue weighted by Crippen LogP contribution is -1.95. The van der Waals surface area contributed by atoms with Gasteiger partial charge in [0.2, 0.25) is 5.89 Å². The number of ether oxygens (including phenoxy) is 1. The normalized spacial score (nSPS) is 10.6. The van der Waals surface area contributed by atoms with E-state index >= 15 is 0 Å². The van der Waals surface area contributed by atoms with E-state index < -0.39 is 0 Å². The van der Waals surface area contributed by atoms with Crippen LogP contribution < -0.4 is 4.74 Å². The van der Waals surface area contributed by atoms with Crippen molar-refractivity contribution in [2.45, 2.75) is 13.5 Å². The van der Waals surface area contributed by atoms with Gasteiger partial charge in [-0.2, -0.15) is 0 Å². The fraction of sp³-hybridized carbons (Fsp3) is 0.125. The van der Waals surface area contributed by atoms with E-state index in [0.717, 1.165) is 5.75 Å². The third-order valence-corrected chi connectivity index (χ3v) is 2.94. The Kier molecular flexibility index (Phi) is 3.64. The molecule has 0 spiro atoms. The first kappa shape index (κ1) is 13.3. The van der Waals surface area contributed by atoms with Gasteiger partial charge in [0, 0.05) is 5.56 Å². The van der Waals surface area contributed by atoms with Crippen LogP contribution in [0.3, 0.4) is 0 Å². The fourth-order valence-corrected chi connectivity index (χ4v) is 1.80. The van der Waals surface area contributed by atoms with Crippen molar-refractivity contribution >= 4 is 0 Å². The number of benzene rings is 2. The lowest BCUT2D eigenvalue weighted by atomic mass is 10.2. The Hall–Kier alpha value is -2.69. The second-order valence-corrected chi connectivity index (χ2v) is 4.61. The Labute approximate surface area is 121 Å². The summed E-state index contributed by atoms with van der Waals surface area (Å²) in [6.45, 7) is 2.20. The molecule has 21 heavy (non-hydrogen) atoms. The van der Waals surface area contributed by atoms with Crippen LogP contribution in [0.15, 0.2) is 52.9 Å². The van der Waals surface area contributed by atoms with Crippen molar-refractivity contribution in [2.24, 2.45) is 0 Å². The number of hydrogen-bond acceptors (Lipinski definition) is 4. The molecule has 0 aliphatic rings. The number of aromatic nitrogens is 2. The van der Waals surface area contributed by atoms with Crippen LogP contribution in [0.1, 0.15) is 11.5 Å². The summed E-state index contributed by atoms with van der Waals surface area (Å²) in [5.41, 5.74) is 1.84. The maximum absolute atomic E-state index is 12.9. The molecule has 4 nitrogen and oxygen atoms in total. The standard InChI is InChI=1S/C16H13FN2O2/c1-11-2-8-14(9-3-11)20-10-15-18-19-16(21-15)12-4-6-13(17)7-5-12/h2-9H,10H2,1H3. The summed E-state index contributed by atoms with van der Waals surface area (Å²) in [6.07, 6.45) is 0. The summed E-state index contributed by atoms with van der Waals surface area (Å²) in [5.74, 6) is 1.15. The molecule has 0 radical (unpaired) electrons. The maximum atomic E-state index is 12.9. The summed E-state index contributed by atoms with van der Waals surface area (Å²) in [7, 11) is 0. The van der Waals surface area contributed by atoms with Crippen LogP contribution >= 0.6 is 0 Å². The van der Waals surface area contributed by atoms with Gasteiger partial charge in [-0.15, -0.1) is 10.2 Å². The zero-order chi connectivity index (χ0) is 14.7. The van der Waals surface area contributed by atoms with Gasteiger partial charge in [-0.3, -0.25) is 0 Å². The highest BCUT2D eigenvalue weighted by atomic mass is 19.1. The van der Waals surface area contributed by atoms with Gasteiger partial charge in [-0.1, -0.05) is 17.7 Å². The molecule has 0 aliphatic heterocycles. The van der Waals surface area contributed by atoms with E-state index in [9.17, 15) is 4.39 Å². The topological polar surface area (TPSA) is 48.2 Å². The molecular formula is C16H13FN2O2. The van der Waals surface area contributed by atoms with Crippen molar-refractivity contribution < 1.29 is 13.5 Å². The molecule has 1 aromatic heterocycles. The van der Waals surface area contributed by atoms with Gasteiger partial charge >= 0.3 is 0 Å². The first-order valence-corrected chi connectivity index (χ1v) is 6.48. The summed E-state index contributed by atoms with van der Waals surface area (Å²) in [5, 5.41) is 7.84. The van der Waals surface area contributed by atoms with Gasteiger partial charge in [0.15, 0.2) is 6.61 Å². The van der Waals surface area contributed by atoms with Crippen LogP contribution in [-0.4, -0.2) is 10.2 Å². The maximum Gasteiger partial charge on any atom is 0.254 e. The van der Waals surface area contributed by atoms with Gasteiger partial charge in [-0.25, -0.2) is 4.39 Å². The molecule has 2 aromatic carbocycles. The molecule has 0 saturated carbocycles.